The van der Waals surface area contributed by atoms with E-state index in [1.54, 1.807) is 26.4 Å². The molecule has 1 aromatic carbocycles. The molecule has 1 amide bonds. The highest BCUT2D eigenvalue weighted by atomic mass is 16.6. The summed E-state index contributed by atoms with van der Waals surface area (Å²) in [6.07, 6.45) is 3.63. The summed E-state index contributed by atoms with van der Waals surface area (Å²) >= 11 is 0. The summed E-state index contributed by atoms with van der Waals surface area (Å²) in [4.78, 5) is 16.3. The molecule has 1 saturated carbocycles. The third-order valence-corrected chi connectivity index (χ3v) is 2.82. The topological polar surface area (TPSA) is 69.2 Å². The SMILES string of the molecule is COc1ccc(/C=N\OCC(=O)NC2CC2)cc1OC. The average Bonchev–Trinajstić information content (AvgIpc) is 3.27. The zero-order valence-electron chi connectivity index (χ0n) is 11.6. The maximum atomic E-state index is 11.3. The molecular weight excluding hydrogens is 260 g/mol. The van der Waals surface area contributed by atoms with Crippen molar-refractivity contribution in [2.45, 2.75) is 18.9 Å². The number of hydrogen-bond acceptors (Lipinski definition) is 5. The molecule has 1 N–H and O–H groups in total. The van der Waals surface area contributed by atoms with Crippen LogP contribution >= 0.6 is 0 Å². The van der Waals surface area contributed by atoms with E-state index in [0.717, 1.165) is 18.4 Å². The van der Waals surface area contributed by atoms with Gasteiger partial charge in [0.05, 0.1) is 20.4 Å². The number of hydrogen-bond donors (Lipinski definition) is 1. The number of carbonyl (C=O) groups is 1. The van der Waals surface area contributed by atoms with Crippen molar-refractivity contribution < 1.29 is 19.1 Å². The largest absolute Gasteiger partial charge is 0.493 e. The Kier molecular flexibility index (Phi) is 4.81. The third-order valence-electron chi connectivity index (χ3n) is 2.82. The lowest BCUT2D eigenvalue weighted by atomic mass is 10.2. The van der Waals surface area contributed by atoms with Crippen LogP contribution in [0.4, 0.5) is 0 Å². The van der Waals surface area contributed by atoms with Gasteiger partial charge in [-0.3, -0.25) is 4.79 Å². The van der Waals surface area contributed by atoms with Crippen molar-refractivity contribution in [3.63, 3.8) is 0 Å². The number of carbonyl (C=O) groups excluding carboxylic acids is 1. The van der Waals surface area contributed by atoms with Crippen LogP contribution in [0, 0.1) is 0 Å². The van der Waals surface area contributed by atoms with Gasteiger partial charge >= 0.3 is 0 Å². The van der Waals surface area contributed by atoms with Gasteiger partial charge in [-0.25, -0.2) is 0 Å². The second kappa shape index (κ2) is 6.79. The first-order valence-electron chi connectivity index (χ1n) is 6.39. The van der Waals surface area contributed by atoms with E-state index in [1.807, 2.05) is 6.07 Å². The lowest BCUT2D eigenvalue weighted by molar-refractivity contribution is -0.125. The number of nitrogens with zero attached hydrogens (tertiary/aromatic N) is 1. The van der Waals surface area contributed by atoms with Gasteiger partial charge in [0.25, 0.3) is 5.91 Å². The molecule has 0 radical (unpaired) electrons. The molecule has 0 heterocycles. The number of amides is 1. The Labute approximate surface area is 117 Å². The summed E-state index contributed by atoms with van der Waals surface area (Å²) in [5.74, 6) is 1.12. The first-order valence-corrected chi connectivity index (χ1v) is 6.39. The van der Waals surface area contributed by atoms with Crippen LogP contribution in [0.5, 0.6) is 11.5 Å². The minimum atomic E-state index is -0.142. The van der Waals surface area contributed by atoms with E-state index in [-0.39, 0.29) is 12.5 Å². The van der Waals surface area contributed by atoms with E-state index in [0.29, 0.717) is 17.5 Å². The van der Waals surface area contributed by atoms with Crippen molar-refractivity contribution in [3.8, 4) is 11.5 Å². The lowest BCUT2D eigenvalue weighted by Crippen LogP contribution is -2.28. The number of benzene rings is 1. The van der Waals surface area contributed by atoms with E-state index in [9.17, 15) is 4.79 Å². The fourth-order valence-electron chi connectivity index (χ4n) is 1.62. The predicted octanol–water partition coefficient (Wildman–Crippen LogP) is 1.33. The second-order valence-corrected chi connectivity index (χ2v) is 4.46. The smallest absolute Gasteiger partial charge is 0.260 e. The molecule has 0 spiro atoms. The van der Waals surface area contributed by atoms with Crippen LogP contribution in [-0.2, 0) is 9.63 Å². The minimum absolute atomic E-state index is 0.0692. The zero-order chi connectivity index (χ0) is 14.4. The van der Waals surface area contributed by atoms with Crippen molar-refractivity contribution in [2.24, 2.45) is 5.16 Å². The highest BCUT2D eigenvalue weighted by molar-refractivity contribution is 5.81. The van der Waals surface area contributed by atoms with Crippen LogP contribution in [0.15, 0.2) is 23.4 Å². The maximum Gasteiger partial charge on any atom is 0.260 e. The normalized spacial score (nSPS) is 14.1. The Bertz CT molecular complexity index is 498. The molecule has 1 aliphatic rings. The third kappa shape index (κ3) is 4.15. The molecule has 0 atom stereocenters. The monoisotopic (exact) mass is 278 g/mol. The van der Waals surface area contributed by atoms with Gasteiger partial charge in [0, 0.05) is 11.6 Å². The van der Waals surface area contributed by atoms with Crippen molar-refractivity contribution in [1.82, 2.24) is 5.32 Å². The Morgan fingerprint density at radius 1 is 1.35 bits per heavy atom. The van der Waals surface area contributed by atoms with E-state index in [2.05, 4.69) is 10.5 Å². The molecule has 1 aromatic rings. The number of oxime groups is 1. The summed E-state index contributed by atoms with van der Waals surface area (Å²) in [6, 6.07) is 5.70. The number of rotatable bonds is 7. The van der Waals surface area contributed by atoms with Crippen LogP contribution in [0.3, 0.4) is 0 Å². The van der Waals surface area contributed by atoms with E-state index < -0.39 is 0 Å². The van der Waals surface area contributed by atoms with Crippen molar-refractivity contribution >= 4 is 12.1 Å². The summed E-state index contributed by atoms with van der Waals surface area (Å²) in [6.45, 7) is -0.0692. The highest BCUT2D eigenvalue weighted by Crippen LogP contribution is 2.26. The molecule has 0 aromatic heterocycles. The Balaban J connectivity index is 1.82. The molecular formula is C14H18N2O4. The molecule has 6 nitrogen and oxygen atoms in total. The molecule has 1 fully saturated rings. The quantitative estimate of drug-likeness (QED) is 0.603. The Hall–Kier alpha value is -2.24. The van der Waals surface area contributed by atoms with Crippen molar-refractivity contribution in [3.05, 3.63) is 23.8 Å². The fraction of sp³-hybridized carbons (Fsp3) is 0.429. The van der Waals surface area contributed by atoms with Crippen LogP contribution in [0.2, 0.25) is 0 Å². The van der Waals surface area contributed by atoms with Gasteiger partial charge in [-0.1, -0.05) is 5.16 Å². The van der Waals surface area contributed by atoms with Crippen LogP contribution in [-0.4, -0.2) is 39.0 Å². The van der Waals surface area contributed by atoms with Crippen molar-refractivity contribution in [1.29, 1.82) is 0 Å². The van der Waals surface area contributed by atoms with E-state index in [4.69, 9.17) is 14.3 Å². The summed E-state index contributed by atoms with van der Waals surface area (Å²) < 4.78 is 10.3. The predicted molar refractivity (Wildman–Crippen MR) is 74.3 cm³/mol. The van der Waals surface area contributed by atoms with Crippen molar-refractivity contribution in [2.75, 3.05) is 20.8 Å². The van der Waals surface area contributed by atoms with Gasteiger partial charge < -0.3 is 19.6 Å². The molecule has 6 heteroatoms. The summed E-state index contributed by atoms with van der Waals surface area (Å²) in [7, 11) is 3.14. The first-order chi connectivity index (χ1) is 9.72. The zero-order valence-corrected chi connectivity index (χ0v) is 11.6. The molecule has 2 rings (SSSR count). The molecule has 0 saturated heterocycles. The molecule has 1 aliphatic carbocycles. The fourth-order valence-corrected chi connectivity index (χ4v) is 1.62. The first kappa shape index (κ1) is 14.2. The van der Waals surface area contributed by atoms with Crippen LogP contribution < -0.4 is 14.8 Å². The molecule has 0 bridgehead atoms. The van der Waals surface area contributed by atoms with Gasteiger partial charge in [0.2, 0.25) is 0 Å². The van der Waals surface area contributed by atoms with E-state index in [1.165, 1.54) is 6.21 Å². The van der Waals surface area contributed by atoms with Gasteiger partial charge in [0.15, 0.2) is 18.1 Å². The summed E-state index contributed by atoms with van der Waals surface area (Å²) in [5, 5.41) is 6.57. The Morgan fingerprint density at radius 2 is 2.10 bits per heavy atom. The van der Waals surface area contributed by atoms with E-state index >= 15 is 0 Å². The Morgan fingerprint density at radius 3 is 2.75 bits per heavy atom. The van der Waals surface area contributed by atoms with Crippen LogP contribution in [0.1, 0.15) is 18.4 Å². The molecule has 108 valence electrons. The van der Waals surface area contributed by atoms with Gasteiger partial charge in [-0.15, -0.1) is 0 Å². The standard InChI is InChI=1S/C14H18N2O4/c1-18-12-6-3-10(7-13(12)19-2)8-15-20-9-14(17)16-11-4-5-11/h3,6-8,11H,4-5,9H2,1-2H3,(H,16,17)/b15-8-. The lowest BCUT2D eigenvalue weighted by Gasteiger charge is -2.07. The number of nitrogens with one attached hydrogen (secondary N) is 1. The highest BCUT2D eigenvalue weighted by Gasteiger charge is 2.23. The van der Waals surface area contributed by atoms with Gasteiger partial charge in [0.1, 0.15) is 0 Å². The molecule has 0 aliphatic heterocycles. The average molecular weight is 278 g/mol. The van der Waals surface area contributed by atoms with Gasteiger partial charge in [-0.05, 0) is 31.0 Å². The summed E-state index contributed by atoms with van der Waals surface area (Å²) in [5.41, 5.74) is 0.797. The maximum absolute atomic E-state index is 11.3. The number of ether oxygens (including phenoxy) is 2. The minimum Gasteiger partial charge on any atom is -0.493 e. The number of methoxy groups -OCH3 is 2. The molecule has 0 unspecified atom stereocenters. The van der Waals surface area contributed by atoms with Crippen LogP contribution in [0.25, 0.3) is 0 Å². The second-order valence-electron chi connectivity index (χ2n) is 4.46. The molecule has 20 heavy (non-hydrogen) atoms. The van der Waals surface area contributed by atoms with Gasteiger partial charge in [-0.2, -0.15) is 0 Å².